The molecule has 0 amide bonds. The van der Waals surface area contributed by atoms with Gasteiger partial charge in [-0.25, -0.2) is 0 Å². The predicted molar refractivity (Wildman–Crippen MR) is 68.3 cm³/mol. The van der Waals surface area contributed by atoms with Gasteiger partial charge in [0.2, 0.25) is 0 Å². The molecular formula is C13H19NS. The van der Waals surface area contributed by atoms with E-state index in [1.165, 1.54) is 17.5 Å². The third kappa shape index (κ3) is 2.21. The Morgan fingerprint density at radius 1 is 1.20 bits per heavy atom. The Bertz CT molecular complexity index is 337. The van der Waals surface area contributed by atoms with Crippen molar-refractivity contribution in [2.45, 2.75) is 36.8 Å². The summed E-state index contributed by atoms with van der Waals surface area (Å²) in [5.74, 6) is 0. The number of rotatable bonds is 1. The largest absolute Gasteiger partial charge is 0.313 e. The summed E-state index contributed by atoms with van der Waals surface area (Å²) in [6.45, 7) is 4.65. The molecule has 1 aliphatic heterocycles. The van der Waals surface area contributed by atoms with E-state index in [2.05, 4.69) is 62.2 Å². The quantitative estimate of drug-likeness (QED) is 0.778. The van der Waals surface area contributed by atoms with E-state index >= 15 is 0 Å². The van der Waals surface area contributed by atoms with Gasteiger partial charge < -0.3 is 5.32 Å². The van der Waals surface area contributed by atoms with Crippen LogP contribution in [0.25, 0.3) is 0 Å². The maximum atomic E-state index is 3.44. The molecular weight excluding hydrogens is 202 g/mol. The molecule has 0 fully saturated rings. The zero-order chi connectivity index (χ0) is 10.8. The average molecular weight is 221 g/mol. The number of hydrogen-bond acceptors (Lipinski definition) is 2. The van der Waals surface area contributed by atoms with Gasteiger partial charge in [0.05, 0.1) is 0 Å². The van der Waals surface area contributed by atoms with E-state index in [4.69, 9.17) is 0 Å². The fourth-order valence-corrected chi connectivity index (χ4v) is 3.77. The molecule has 0 aliphatic carbocycles. The highest BCUT2D eigenvalue weighted by atomic mass is 32.2. The molecule has 2 heteroatoms. The van der Waals surface area contributed by atoms with Gasteiger partial charge >= 0.3 is 0 Å². The van der Waals surface area contributed by atoms with Crippen molar-refractivity contribution < 1.29 is 0 Å². The Labute approximate surface area is 96.7 Å². The summed E-state index contributed by atoms with van der Waals surface area (Å²) < 4.78 is 0. The van der Waals surface area contributed by atoms with Gasteiger partial charge in [0.1, 0.15) is 0 Å². The van der Waals surface area contributed by atoms with E-state index in [1.807, 2.05) is 0 Å². The fraction of sp³-hybridized carbons (Fsp3) is 0.538. The second-order valence-corrected chi connectivity index (χ2v) is 6.08. The predicted octanol–water partition coefficient (Wildman–Crippen LogP) is 3.53. The lowest BCUT2D eigenvalue weighted by atomic mass is 9.96. The first kappa shape index (κ1) is 11.0. The van der Waals surface area contributed by atoms with Crippen molar-refractivity contribution in [2.24, 2.45) is 0 Å². The summed E-state index contributed by atoms with van der Waals surface area (Å²) in [6, 6.07) is 9.37. The highest BCUT2D eigenvalue weighted by Crippen LogP contribution is 2.42. The van der Waals surface area contributed by atoms with Gasteiger partial charge in [-0.2, -0.15) is 11.8 Å². The van der Waals surface area contributed by atoms with Crippen molar-refractivity contribution in [1.29, 1.82) is 0 Å². The molecule has 0 bridgehead atoms. The molecule has 3 unspecified atom stereocenters. The first-order chi connectivity index (χ1) is 7.22. The molecule has 1 heterocycles. The fourth-order valence-electron chi connectivity index (χ4n) is 2.41. The van der Waals surface area contributed by atoms with Gasteiger partial charge in [0.15, 0.2) is 0 Å². The minimum atomic E-state index is 0.522. The zero-order valence-corrected chi connectivity index (χ0v) is 10.5. The van der Waals surface area contributed by atoms with E-state index in [1.54, 1.807) is 0 Å². The van der Waals surface area contributed by atoms with Crippen molar-refractivity contribution in [1.82, 2.24) is 5.32 Å². The summed E-state index contributed by atoms with van der Waals surface area (Å²) in [5.41, 5.74) is 3.00. The van der Waals surface area contributed by atoms with Gasteiger partial charge in [-0.1, -0.05) is 31.2 Å². The first-order valence-corrected chi connectivity index (χ1v) is 6.58. The lowest BCUT2D eigenvalue weighted by Crippen LogP contribution is -2.19. The van der Waals surface area contributed by atoms with E-state index < -0.39 is 0 Å². The highest BCUT2D eigenvalue weighted by molar-refractivity contribution is 8.00. The summed E-state index contributed by atoms with van der Waals surface area (Å²) in [5, 5.41) is 4.78. The summed E-state index contributed by atoms with van der Waals surface area (Å²) in [6.07, 6.45) is 1.22. The Hall–Kier alpha value is -0.470. The monoisotopic (exact) mass is 221 g/mol. The Balaban J connectivity index is 2.42. The lowest BCUT2D eigenvalue weighted by molar-refractivity contribution is 0.549. The number of benzene rings is 1. The van der Waals surface area contributed by atoms with Crippen molar-refractivity contribution in [3.05, 3.63) is 35.4 Å². The number of hydrogen-bond donors (Lipinski definition) is 1. The van der Waals surface area contributed by atoms with Crippen LogP contribution >= 0.6 is 11.8 Å². The van der Waals surface area contributed by atoms with Crippen LogP contribution in [0.5, 0.6) is 0 Å². The summed E-state index contributed by atoms with van der Waals surface area (Å²) in [7, 11) is 2.06. The van der Waals surface area contributed by atoms with Gasteiger partial charge in [0.25, 0.3) is 0 Å². The summed E-state index contributed by atoms with van der Waals surface area (Å²) in [4.78, 5) is 0. The minimum Gasteiger partial charge on any atom is -0.313 e. The topological polar surface area (TPSA) is 12.0 Å². The molecule has 82 valence electrons. The van der Waals surface area contributed by atoms with Crippen molar-refractivity contribution in [3.8, 4) is 0 Å². The normalized spacial score (nSPS) is 30.7. The van der Waals surface area contributed by atoms with Crippen LogP contribution in [0.15, 0.2) is 24.3 Å². The Morgan fingerprint density at radius 3 is 2.53 bits per heavy atom. The van der Waals surface area contributed by atoms with E-state index in [9.17, 15) is 0 Å². The smallest absolute Gasteiger partial charge is 0.0331 e. The van der Waals surface area contributed by atoms with Gasteiger partial charge in [-0.3, -0.25) is 0 Å². The van der Waals surface area contributed by atoms with Crippen LogP contribution in [0.1, 0.15) is 42.7 Å². The van der Waals surface area contributed by atoms with Crippen molar-refractivity contribution >= 4 is 11.8 Å². The molecule has 0 radical (unpaired) electrons. The third-order valence-corrected chi connectivity index (χ3v) is 4.48. The second-order valence-electron chi connectivity index (χ2n) is 4.29. The van der Waals surface area contributed by atoms with E-state index in [-0.39, 0.29) is 0 Å². The van der Waals surface area contributed by atoms with Gasteiger partial charge in [0, 0.05) is 16.5 Å². The molecule has 1 nitrogen and oxygen atoms in total. The standard InChI is InChI=1S/C13H19NS/c1-9-8-13(14-3)12-7-5-4-6-11(12)10(2)15-9/h4-7,9-10,13-14H,8H2,1-3H3. The highest BCUT2D eigenvalue weighted by Gasteiger charge is 2.25. The van der Waals surface area contributed by atoms with Gasteiger partial charge in [-0.05, 0) is 31.5 Å². The zero-order valence-electron chi connectivity index (χ0n) is 9.66. The van der Waals surface area contributed by atoms with E-state index in [0.717, 1.165) is 5.25 Å². The Morgan fingerprint density at radius 2 is 1.87 bits per heavy atom. The Kier molecular flexibility index (Phi) is 3.37. The molecule has 1 aromatic carbocycles. The lowest BCUT2D eigenvalue weighted by Gasteiger charge is -2.18. The first-order valence-electron chi connectivity index (χ1n) is 5.64. The molecule has 2 rings (SSSR count). The van der Waals surface area contributed by atoms with Gasteiger partial charge in [-0.15, -0.1) is 0 Å². The third-order valence-electron chi connectivity index (χ3n) is 3.16. The SMILES string of the molecule is CNC1CC(C)SC(C)c2ccccc21. The molecule has 0 saturated carbocycles. The van der Waals surface area contributed by atoms with Crippen LogP contribution in [0.2, 0.25) is 0 Å². The van der Waals surface area contributed by atoms with Crippen LogP contribution < -0.4 is 5.32 Å². The maximum Gasteiger partial charge on any atom is 0.0331 e. The van der Waals surface area contributed by atoms with Crippen molar-refractivity contribution in [3.63, 3.8) is 0 Å². The minimum absolute atomic E-state index is 0.522. The van der Waals surface area contributed by atoms with Crippen LogP contribution in [0.4, 0.5) is 0 Å². The molecule has 1 aliphatic rings. The maximum absolute atomic E-state index is 3.44. The number of nitrogens with one attached hydrogen (secondary N) is 1. The van der Waals surface area contributed by atoms with Crippen molar-refractivity contribution in [2.75, 3.05) is 7.05 Å². The second kappa shape index (κ2) is 4.58. The van der Waals surface area contributed by atoms with Crippen LogP contribution in [-0.2, 0) is 0 Å². The van der Waals surface area contributed by atoms with Crippen LogP contribution in [0, 0.1) is 0 Å². The molecule has 1 aromatic rings. The molecule has 3 atom stereocenters. The molecule has 1 N–H and O–H groups in total. The average Bonchev–Trinajstić information content (AvgIpc) is 2.36. The van der Waals surface area contributed by atoms with Crippen LogP contribution in [-0.4, -0.2) is 12.3 Å². The summed E-state index contributed by atoms with van der Waals surface area (Å²) >= 11 is 2.08. The van der Waals surface area contributed by atoms with E-state index in [0.29, 0.717) is 11.3 Å². The molecule has 0 aromatic heterocycles. The molecule has 15 heavy (non-hydrogen) atoms. The molecule has 0 spiro atoms. The number of fused-ring (bicyclic) bond motifs is 1. The number of thioether (sulfide) groups is 1. The van der Waals surface area contributed by atoms with Crippen LogP contribution in [0.3, 0.4) is 0 Å². The molecule has 0 saturated heterocycles.